The predicted octanol–water partition coefficient (Wildman–Crippen LogP) is 1.93. The zero-order chi connectivity index (χ0) is 30.9. The van der Waals surface area contributed by atoms with Gasteiger partial charge in [-0.05, 0) is 12.1 Å². The summed E-state index contributed by atoms with van der Waals surface area (Å²) in [5, 5.41) is 22.4. The molecule has 5 rings (SSSR count). The van der Waals surface area contributed by atoms with Crippen molar-refractivity contribution in [2.45, 2.75) is 36.9 Å². The number of primary sulfonamides is 1. The van der Waals surface area contributed by atoms with Gasteiger partial charge in [-0.1, -0.05) is 0 Å². The summed E-state index contributed by atoms with van der Waals surface area (Å²) in [6.07, 6.45) is 3.23. The van der Waals surface area contributed by atoms with Crippen molar-refractivity contribution in [1.29, 1.82) is 5.26 Å². The summed E-state index contributed by atoms with van der Waals surface area (Å²) in [7, 11) is -3.80. The molecule has 5 N–H and O–H groups in total. The zero-order valence-electron chi connectivity index (χ0n) is 23.5. The molecule has 0 saturated carbocycles. The number of nitrogen functional groups attached to an aromatic ring is 1. The molecule has 0 aliphatic carbocycles. The number of aromatic nitrogens is 5. The summed E-state index contributed by atoms with van der Waals surface area (Å²) in [4.78, 5) is 26.4. The predicted molar refractivity (Wildman–Crippen MR) is 162 cm³/mol. The van der Waals surface area contributed by atoms with Gasteiger partial charge in [0.1, 0.15) is 0 Å². The van der Waals surface area contributed by atoms with Crippen LogP contribution >= 0.6 is 0 Å². The molecule has 217 valence electrons. The van der Waals surface area contributed by atoms with E-state index in [9.17, 15) is 18.5 Å². The van der Waals surface area contributed by atoms with Crippen LogP contribution in [0.3, 0.4) is 0 Å². The molecule has 3 aromatic heterocycles. The molecule has 2 aromatic carbocycles. The minimum atomic E-state index is -3.80. The molecule has 0 unspecified atom stereocenters. The van der Waals surface area contributed by atoms with Gasteiger partial charge in [0.05, 0.1) is 4.90 Å². The van der Waals surface area contributed by atoms with Gasteiger partial charge in [0, 0.05) is 0 Å². The fourth-order valence-electron chi connectivity index (χ4n) is 4.54. The van der Waals surface area contributed by atoms with E-state index in [-0.39, 0.29) is 33.4 Å². The van der Waals surface area contributed by atoms with E-state index in [2.05, 4.69) is 21.4 Å². The van der Waals surface area contributed by atoms with Crippen molar-refractivity contribution < 1.29 is 13.2 Å². The van der Waals surface area contributed by atoms with Crippen LogP contribution in [-0.4, -0.2) is 54.6 Å². The van der Waals surface area contributed by atoms with Crippen molar-refractivity contribution in [2.24, 2.45) is 5.14 Å². The number of nitriles is 1. The summed E-state index contributed by atoms with van der Waals surface area (Å²) < 4.78 is 25.3. The maximum absolute atomic E-state index is 13.2. The molecule has 43 heavy (non-hydrogen) atoms. The monoisotopic (exact) mass is 656 g/mol. The fourth-order valence-corrected chi connectivity index (χ4v) is 7.16. The van der Waals surface area contributed by atoms with Crippen molar-refractivity contribution in [3.8, 4) is 17.3 Å². The first-order valence-electron chi connectivity index (χ1n) is 13.0. The Kier molecular flexibility index (Phi) is 8.28. The Labute approximate surface area is 254 Å². The molecule has 12 nitrogen and oxygen atoms in total. The molecule has 1 atom stereocenters. The zero-order valence-corrected chi connectivity index (χ0v) is 26.2. The number of nitrogens with zero attached hydrogens (tertiary/aromatic N) is 6. The van der Waals surface area contributed by atoms with Gasteiger partial charge in [0.25, 0.3) is 0 Å². The van der Waals surface area contributed by atoms with Gasteiger partial charge in [-0.25, -0.2) is 13.6 Å². The Hall–Kier alpha value is -4.63. The van der Waals surface area contributed by atoms with Crippen LogP contribution in [0.4, 0.5) is 5.82 Å². The first-order valence-corrected chi connectivity index (χ1v) is 16.6. The summed E-state index contributed by atoms with van der Waals surface area (Å²) in [5.41, 5.74) is 11.5. The van der Waals surface area contributed by atoms with Gasteiger partial charge in [0.15, 0.2) is 0 Å². The Morgan fingerprint density at radius 3 is 2.58 bits per heavy atom. The summed E-state index contributed by atoms with van der Waals surface area (Å²) in [5.74, 6) is 0.440. The van der Waals surface area contributed by atoms with Crippen LogP contribution in [0.25, 0.3) is 16.8 Å². The van der Waals surface area contributed by atoms with Crippen LogP contribution < -0.4 is 20.7 Å². The number of carbonyl (C=O) groups excluding carboxylic acids is 1. The topological polar surface area (TPSA) is 195 Å². The number of aryl methyl sites for hydroxylation is 2. The van der Waals surface area contributed by atoms with Gasteiger partial charge in [-0.2, -0.15) is 0 Å². The van der Waals surface area contributed by atoms with E-state index in [1.54, 1.807) is 28.8 Å². The van der Waals surface area contributed by atoms with Gasteiger partial charge in [-0.3, -0.25) is 0 Å². The standard InChI is InChI=1S/C29H27AsN9O3S/c1-16-10-20(12-21(11-16)29(40)34-14-19-4-6-22(7-5-19)43(33,41)42)24-25-17(2)8-9-39(25)38-28(37-24)18(3)30-26-23(13-31)27(32)36-15-35-26/h4-12,15,18H,14H2,1-3H3,(H,34,40)(H2,32,35,36)(H2,33,41,42)/t18-/m0/s1. The Morgan fingerprint density at radius 2 is 1.88 bits per heavy atom. The molecule has 14 heteroatoms. The van der Waals surface area contributed by atoms with Crippen molar-refractivity contribution in [3.63, 3.8) is 0 Å². The number of nitrogens with two attached hydrogens (primary N) is 2. The number of rotatable bonds is 8. The van der Waals surface area contributed by atoms with Crippen LogP contribution in [-0.2, 0) is 16.6 Å². The first-order chi connectivity index (χ1) is 20.4. The number of hydrogen-bond donors (Lipinski definition) is 3. The fraction of sp³-hybridized carbons (Fsp3) is 0.172. The van der Waals surface area contributed by atoms with Gasteiger partial charge in [0.2, 0.25) is 10.0 Å². The van der Waals surface area contributed by atoms with E-state index in [0.29, 0.717) is 21.6 Å². The molecule has 0 bridgehead atoms. The molecule has 0 fully saturated rings. The SMILES string of the molecule is Cc1cc(C(=O)NCc2ccc(S(N)(=O)=O)cc2)cc(-c2nc([C@H](C)[As]c3ncnc(N)c3C#N)nn3ccc(C)c23)c1. The summed E-state index contributed by atoms with van der Waals surface area (Å²) in [6, 6.07) is 15.6. The Balaban J connectivity index is 1.46. The second kappa shape index (κ2) is 11.9. The van der Waals surface area contributed by atoms with Crippen molar-refractivity contribution >= 4 is 47.5 Å². The van der Waals surface area contributed by atoms with Crippen molar-refractivity contribution in [3.05, 3.63) is 94.7 Å². The normalized spacial score (nSPS) is 12.4. The number of sulfonamides is 1. The van der Waals surface area contributed by atoms with Crippen molar-refractivity contribution in [2.75, 3.05) is 5.73 Å². The molecule has 0 spiro atoms. The molecule has 1 radical (unpaired) electrons. The number of fused-ring (bicyclic) bond motifs is 1. The molecular weight excluding hydrogens is 629 g/mol. The van der Waals surface area contributed by atoms with Crippen LogP contribution in [0.2, 0.25) is 0 Å². The van der Waals surface area contributed by atoms with E-state index in [0.717, 1.165) is 27.8 Å². The summed E-state index contributed by atoms with van der Waals surface area (Å²) >= 11 is -0.668. The maximum atomic E-state index is 13.2. The van der Waals surface area contributed by atoms with E-state index in [1.165, 1.54) is 18.5 Å². The van der Waals surface area contributed by atoms with Crippen LogP contribution in [0, 0.1) is 25.2 Å². The number of amides is 1. The van der Waals surface area contributed by atoms with E-state index >= 15 is 0 Å². The third-order valence-electron chi connectivity index (χ3n) is 6.71. The molecule has 5 aromatic rings. The van der Waals surface area contributed by atoms with E-state index < -0.39 is 25.8 Å². The molecule has 3 heterocycles. The summed E-state index contributed by atoms with van der Waals surface area (Å²) in [6.45, 7) is 6.08. The molecule has 0 saturated heterocycles. The molecular formula is C29H27AsN9O3S. The quantitative estimate of drug-likeness (QED) is 0.209. The van der Waals surface area contributed by atoms with Crippen molar-refractivity contribution in [1.82, 2.24) is 29.9 Å². The number of hydrogen-bond acceptors (Lipinski definition) is 9. The second-order valence-corrected chi connectivity index (χ2v) is 14.6. The third kappa shape index (κ3) is 6.41. The van der Waals surface area contributed by atoms with Crippen LogP contribution in [0.1, 0.15) is 50.1 Å². The van der Waals surface area contributed by atoms with E-state index in [4.69, 9.17) is 21.0 Å². The average molecular weight is 657 g/mol. The number of benzene rings is 2. The number of carbonyl (C=O) groups is 1. The minimum absolute atomic E-state index is 0.00454. The van der Waals surface area contributed by atoms with Gasteiger partial charge < -0.3 is 0 Å². The molecule has 1 amide bonds. The average Bonchev–Trinajstić information content (AvgIpc) is 3.35. The first kappa shape index (κ1) is 29.8. The molecule has 0 aliphatic heterocycles. The van der Waals surface area contributed by atoms with Crippen LogP contribution in [0.15, 0.2) is 66.0 Å². The second-order valence-electron chi connectivity index (χ2n) is 9.94. The van der Waals surface area contributed by atoms with E-state index in [1.807, 2.05) is 39.1 Å². The van der Waals surface area contributed by atoms with Gasteiger partial charge >= 0.3 is 215 Å². The van der Waals surface area contributed by atoms with Gasteiger partial charge in [-0.15, -0.1) is 0 Å². The number of nitrogens with one attached hydrogen (secondary N) is 1. The van der Waals surface area contributed by atoms with Crippen LogP contribution in [0.5, 0.6) is 0 Å². The Morgan fingerprint density at radius 1 is 1.14 bits per heavy atom. The Bertz CT molecular complexity index is 2020. The molecule has 0 aliphatic rings. The number of anilines is 1. The third-order valence-corrected chi connectivity index (χ3v) is 10.2.